The van der Waals surface area contributed by atoms with Gasteiger partial charge in [-0.2, -0.15) is 0 Å². The Bertz CT molecular complexity index is 1450. The molecule has 5 nitrogen and oxygen atoms in total. The number of nitrogens with zero attached hydrogens (tertiary/aromatic N) is 2. The van der Waals surface area contributed by atoms with Crippen LogP contribution in [0.1, 0.15) is 63.0 Å². The molecule has 2 aromatic carbocycles. The molecular formula is C32H39N3O2. The standard InChI is InChI=1S/C32H39N3O2/c1-6-14-35-15-12-22(13-16-35)23-10-11-29-28(18-23)30(21(2)3)31(33-29)25-19-27(32(36)34(4)20-25)24-8-7-9-26(17-24)37-5/h7-11,17-22,33H,6,12-16H2,1-5H3. The maximum atomic E-state index is 13.1. The van der Waals surface area contributed by atoms with Crippen LogP contribution in [0, 0.1) is 0 Å². The maximum absolute atomic E-state index is 13.1. The van der Waals surface area contributed by atoms with Crippen LogP contribution in [0.15, 0.2) is 59.5 Å². The summed E-state index contributed by atoms with van der Waals surface area (Å²) in [5.74, 6) is 1.70. The molecule has 0 amide bonds. The van der Waals surface area contributed by atoms with E-state index in [0.717, 1.165) is 28.1 Å². The van der Waals surface area contributed by atoms with Gasteiger partial charge in [0.25, 0.3) is 5.56 Å². The number of piperidine rings is 1. The average molecular weight is 498 g/mol. The molecule has 0 atom stereocenters. The van der Waals surface area contributed by atoms with Gasteiger partial charge in [-0.25, -0.2) is 0 Å². The highest BCUT2D eigenvalue weighted by atomic mass is 16.5. The van der Waals surface area contributed by atoms with Gasteiger partial charge >= 0.3 is 0 Å². The number of ether oxygens (including phenoxy) is 1. The quantitative estimate of drug-likeness (QED) is 0.301. The molecule has 1 fully saturated rings. The highest BCUT2D eigenvalue weighted by molar-refractivity contribution is 5.92. The molecule has 0 spiro atoms. The molecular weight excluding hydrogens is 458 g/mol. The second-order valence-electron chi connectivity index (χ2n) is 10.8. The number of rotatable bonds is 7. The molecule has 0 unspecified atom stereocenters. The van der Waals surface area contributed by atoms with Crippen LogP contribution in [0.5, 0.6) is 5.75 Å². The van der Waals surface area contributed by atoms with E-state index in [1.807, 2.05) is 43.6 Å². The van der Waals surface area contributed by atoms with Crippen LogP contribution in [0.2, 0.25) is 0 Å². The smallest absolute Gasteiger partial charge is 0.258 e. The summed E-state index contributed by atoms with van der Waals surface area (Å²) < 4.78 is 7.10. The number of aryl methyl sites for hydroxylation is 1. The van der Waals surface area contributed by atoms with E-state index < -0.39 is 0 Å². The van der Waals surface area contributed by atoms with Crippen LogP contribution in [0.25, 0.3) is 33.3 Å². The topological polar surface area (TPSA) is 50.3 Å². The van der Waals surface area contributed by atoms with Crippen LogP contribution < -0.4 is 10.3 Å². The number of hydrogen-bond acceptors (Lipinski definition) is 3. The van der Waals surface area contributed by atoms with Crippen LogP contribution in [0.3, 0.4) is 0 Å². The Balaban J connectivity index is 1.58. The minimum atomic E-state index is -0.0177. The van der Waals surface area contributed by atoms with E-state index in [0.29, 0.717) is 17.4 Å². The van der Waals surface area contributed by atoms with E-state index >= 15 is 0 Å². The molecule has 1 saturated heterocycles. The van der Waals surface area contributed by atoms with Crippen molar-refractivity contribution < 1.29 is 4.74 Å². The summed E-state index contributed by atoms with van der Waals surface area (Å²) in [5, 5.41) is 1.30. The highest BCUT2D eigenvalue weighted by Crippen LogP contribution is 2.39. The third-order valence-corrected chi connectivity index (χ3v) is 7.89. The van der Waals surface area contributed by atoms with Gasteiger partial charge in [0.05, 0.1) is 12.8 Å². The number of fused-ring (bicyclic) bond motifs is 1. The third-order valence-electron chi connectivity index (χ3n) is 7.89. The van der Waals surface area contributed by atoms with Crippen molar-refractivity contribution in [3.63, 3.8) is 0 Å². The van der Waals surface area contributed by atoms with E-state index in [1.165, 1.54) is 55.4 Å². The molecule has 0 aliphatic carbocycles. The van der Waals surface area contributed by atoms with E-state index in [4.69, 9.17) is 4.74 Å². The summed E-state index contributed by atoms with van der Waals surface area (Å²) in [6, 6.07) is 16.7. The van der Waals surface area contributed by atoms with E-state index in [1.54, 1.807) is 11.7 Å². The maximum Gasteiger partial charge on any atom is 0.258 e. The number of H-pyrrole nitrogens is 1. The summed E-state index contributed by atoms with van der Waals surface area (Å²) in [7, 11) is 3.48. The van der Waals surface area contributed by atoms with Gasteiger partial charge in [-0.15, -0.1) is 0 Å². The first-order chi connectivity index (χ1) is 17.9. The molecule has 1 aliphatic rings. The van der Waals surface area contributed by atoms with Crippen molar-refractivity contribution in [3.05, 3.63) is 76.2 Å². The Labute approximate surface area is 220 Å². The Morgan fingerprint density at radius 3 is 2.54 bits per heavy atom. The Morgan fingerprint density at radius 1 is 1.05 bits per heavy atom. The van der Waals surface area contributed by atoms with Crippen LogP contribution in [-0.2, 0) is 7.05 Å². The van der Waals surface area contributed by atoms with Crippen molar-refractivity contribution in [3.8, 4) is 28.1 Å². The first kappa shape index (κ1) is 25.3. The molecule has 0 radical (unpaired) electrons. The average Bonchev–Trinajstić information content (AvgIpc) is 3.30. The summed E-state index contributed by atoms with van der Waals surface area (Å²) >= 11 is 0. The molecule has 194 valence electrons. The molecule has 5 rings (SSSR count). The second kappa shape index (κ2) is 10.6. The van der Waals surface area contributed by atoms with Gasteiger partial charge in [-0.05, 0) is 97.8 Å². The first-order valence-electron chi connectivity index (χ1n) is 13.6. The molecule has 2 aromatic heterocycles. The number of aromatic amines is 1. The minimum absolute atomic E-state index is 0.0177. The Morgan fingerprint density at radius 2 is 1.84 bits per heavy atom. The van der Waals surface area contributed by atoms with Crippen molar-refractivity contribution in [2.45, 2.75) is 51.9 Å². The SMILES string of the molecule is CCCN1CCC(c2ccc3[nH]c(-c4cc(-c5cccc(OC)c5)c(=O)n(C)c4)c(C(C)C)c3c2)CC1. The van der Waals surface area contributed by atoms with Gasteiger partial charge in [0, 0.05) is 35.3 Å². The minimum Gasteiger partial charge on any atom is -0.497 e. The summed E-state index contributed by atoms with van der Waals surface area (Å²) in [6.45, 7) is 10.4. The fraction of sp³-hybridized carbons (Fsp3) is 0.406. The zero-order valence-corrected chi connectivity index (χ0v) is 22.8. The summed E-state index contributed by atoms with van der Waals surface area (Å²) in [4.78, 5) is 19.5. The van der Waals surface area contributed by atoms with Gasteiger partial charge in [0.2, 0.25) is 0 Å². The van der Waals surface area contributed by atoms with Crippen molar-refractivity contribution in [2.75, 3.05) is 26.7 Å². The monoisotopic (exact) mass is 497 g/mol. The van der Waals surface area contributed by atoms with Gasteiger partial charge in [0.15, 0.2) is 0 Å². The van der Waals surface area contributed by atoms with Crippen LogP contribution in [0.4, 0.5) is 0 Å². The lowest BCUT2D eigenvalue weighted by Crippen LogP contribution is -2.33. The van der Waals surface area contributed by atoms with Crippen molar-refractivity contribution in [1.82, 2.24) is 14.5 Å². The summed E-state index contributed by atoms with van der Waals surface area (Å²) in [6.07, 6.45) is 5.63. The predicted octanol–water partition coefficient (Wildman–Crippen LogP) is 6.92. The molecule has 1 aliphatic heterocycles. The zero-order chi connectivity index (χ0) is 26.1. The number of aromatic nitrogens is 2. The molecule has 1 N–H and O–H groups in total. The third kappa shape index (κ3) is 4.97. The fourth-order valence-corrected chi connectivity index (χ4v) is 5.96. The van der Waals surface area contributed by atoms with Crippen molar-refractivity contribution in [2.24, 2.45) is 7.05 Å². The van der Waals surface area contributed by atoms with Crippen molar-refractivity contribution >= 4 is 10.9 Å². The number of methoxy groups -OCH3 is 1. The lowest BCUT2D eigenvalue weighted by Gasteiger charge is -2.32. The van der Waals surface area contributed by atoms with Gasteiger partial charge < -0.3 is 19.2 Å². The van der Waals surface area contributed by atoms with Gasteiger partial charge in [-0.1, -0.05) is 39.0 Å². The number of pyridine rings is 1. The van der Waals surface area contributed by atoms with E-state index in [9.17, 15) is 4.79 Å². The number of likely N-dealkylation sites (tertiary alicyclic amines) is 1. The molecule has 0 saturated carbocycles. The molecule has 5 heteroatoms. The summed E-state index contributed by atoms with van der Waals surface area (Å²) in [5.41, 5.74) is 7.56. The molecule has 3 heterocycles. The predicted molar refractivity (Wildman–Crippen MR) is 154 cm³/mol. The van der Waals surface area contributed by atoms with Crippen LogP contribution in [-0.4, -0.2) is 41.2 Å². The van der Waals surface area contributed by atoms with Crippen LogP contribution >= 0.6 is 0 Å². The second-order valence-corrected chi connectivity index (χ2v) is 10.8. The largest absolute Gasteiger partial charge is 0.497 e. The number of benzene rings is 2. The lowest BCUT2D eigenvalue weighted by atomic mass is 9.87. The molecule has 0 bridgehead atoms. The van der Waals surface area contributed by atoms with Gasteiger partial charge in [-0.3, -0.25) is 4.79 Å². The van der Waals surface area contributed by atoms with Gasteiger partial charge in [0.1, 0.15) is 5.75 Å². The van der Waals surface area contributed by atoms with E-state index in [-0.39, 0.29) is 5.56 Å². The zero-order valence-electron chi connectivity index (χ0n) is 22.8. The van der Waals surface area contributed by atoms with E-state index in [2.05, 4.69) is 48.9 Å². The number of nitrogens with one attached hydrogen (secondary N) is 1. The molecule has 4 aromatic rings. The first-order valence-corrected chi connectivity index (χ1v) is 13.6. The lowest BCUT2D eigenvalue weighted by molar-refractivity contribution is 0.213. The highest BCUT2D eigenvalue weighted by Gasteiger charge is 2.23. The Kier molecular flexibility index (Phi) is 7.25. The molecule has 37 heavy (non-hydrogen) atoms. The van der Waals surface area contributed by atoms with Crippen molar-refractivity contribution in [1.29, 1.82) is 0 Å². The number of hydrogen-bond donors (Lipinski definition) is 1. The Hall–Kier alpha value is -3.31. The normalized spacial score (nSPS) is 15.1. The fourth-order valence-electron chi connectivity index (χ4n) is 5.96.